The van der Waals surface area contributed by atoms with E-state index in [0.29, 0.717) is 0 Å². The number of nitrogens with zero attached hydrogens (tertiary/aromatic N) is 9. The summed E-state index contributed by atoms with van der Waals surface area (Å²) in [7, 11) is 0. The smallest absolute Gasteiger partial charge is 0.143 e. The summed E-state index contributed by atoms with van der Waals surface area (Å²) in [6.45, 7) is 0. The molecule has 0 spiro atoms. The molecule has 6 aromatic heterocycles. The molecule has 6 aromatic rings. The van der Waals surface area contributed by atoms with E-state index in [4.69, 9.17) is 0 Å². The molecule has 0 aliphatic carbocycles. The van der Waals surface area contributed by atoms with E-state index in [0.717, 1.165) is 32.1 Å². The first-order valence-corrected chi connectivity index (χ1v) is 12.0. The van der Waals surface area contributed by atoms with E-state index in [1.165, 1.54) is 0 Å². The monoisotopic (exact) mass is 591 g/mol. The van der Waals surface area contributed by atoms with E-state index in [1.807, 2.05) is 16.1 Å². The van der Waals surface area contributed by atoms with Gasteiger partial charge in [-0.3, -0.25) is 29.9 Å². The maximum absolute atomic E-state index is 4.11. The van der Waals surface area contributed by atoms with Crippen LogP contribution in [-0.2, 0) is 19.5 Å². The molecular weight excluding hydrogens is 576 g/mol. The van der Waals surface area contributed by atoms with Crippen LogP contribution in [0.5, 0.6) is 0 Å². The van der Waals surface area contributed by atoms with Gasteiger partial charge in [-0.1, -0.05) is 0 Å². The predicted octanol–water partition coefficient (Wildman–Crippen LogP) is 4.80. The van der Waals surface area contributed by atoms with Crippen molar-refractivity contribution in [3.63, 3.8) is 0 Å². The second kappa shape index (κ2) is 14.1. The summed E-state index contributed by atoms with van der Waals surface area (Å²) in [5.41, 5.74) is 2.51. The van der Waals surface area contributed by atoms with Gasteiger partial charge in [-0.05, 0) is 0 Å². The van der Waals surface area contributed by atoms with Crippen molar-refractivity contribution in [3.05, 3.63) is 90.5 Å². The van der Waals surface area contributed by atoms with Crippen molar-refractivity contribution in [3.8, 4) is 32.1 Å². The number of hydrogen-bond donors (Lipinski definition) is 0. The summed E-state index contributed by atoms with van der Waals surface area (Å²) in [5.74, 6) is 0. The van der Waals surface area contributed by atoms with Gasteiger partial charge in [-0.2, -0.15) is 0 Å². The molecular formula is C21H15N9RuS3. The molecule has 0 unspecified atom stereocenters. The molecule has 0 N–H and O–H groups in total. The summed E-state index contributed by atoms with van der Waals surface area (Å²) in [4.78, 5) is 36.5. The average Bonchev–Trinajstić information content (AvgIpc) is 3.70. The first-order valence-electron chi connectivity index (χ1n) is 9.38. The van der Waals surface area contributed by atoms with Crippen LogP contribution in [0.4, 0.5) is 0 Å². The van der Waals surface area contributed by atoms with E-state index in [-0.39, 0.29) is 19.5 Å². The topological polar surface area (TPSA) is 116 Å². The average molecular weight is 591 g/mol. The minimum atomic E-state index is 0. The number of hydrogen-bond acceptors (Lipinski definition) is 12. The second-order valence-electron chi connectivity index (χ2n) is 5.78. The molecule has 170 valence electrons. The van der Waals surface area contributed by atoms with Crippen LogP contribution in [-0.4, -0.2) is 44.9 Å². The Kier molecular flexibility index (Phi) is 10.5. The molecule has 0 saturated heterocycles. The van der Waals surface area contributed by atoms with E-state index in [1.54, 1.807) is 108 Å². The Balaban J connectivity index is 0.000000141. The van der Waals surface area contributed by atoms with Crippen LogP contribution >= 0.6 is 34.0 Å². The molecule has 0 amide bonds. The van der Waals surface area contributed by atoms with Crippen molar-refractivity contribution >= 4 is 34.0 Å². The largest absolute Gasteiger partial charge is 0.261 e. The van der Waals surface area contributed by atoms with Gasteiger partial charge in [0.15, 0.2) is 0 Å². The third kappa shape index (κ3) is 7.66. The SMILES string of the molecule is [Ru].c1cnc(-c2nccs2)cn1.c1cnc(-c2nccs2)cn1.c1cnc(-c2nccs2)cn1. The standard InChI is InChI=1S/3C7H5N3S.Ru/c3*1-2-9-6(5-8-1)7-10-3-4-11-7;/h3*1-5H;. The van der Waals surface area contributed by atoms with Crippen LogP contribution in [0.1, 0.15) is 0 Å². The van der Waals surface area contributed by atoms with Crippen LogP contribution in [0, 0.1) is 0 Å². The van der Waals surface area contributed by atoms with Crippen LogP contribution in [0.2, 0.25) is 0 Å². The Labute approximate surface area is 220 Å². The molecule has 0 bridgehead atoms. The Morgan fingerprint density at radius 3 is 0.912 bits per heavy atom. The van der Waals surface area contributed by atoms with Crippen molar-refractivity contribution in [2.75, 3.05) is 0 Å². The van der Waals surface area contributed by atoms with Crippen molar-refractivity contribution in [1.29, 1.82) is 0 Å². The van der Waals surface area contributed by atoms with Gasteiger partial charge in [0.25, 0.3) is 0 Å². The zero-order valence-corrected chi connectivity index (χ0v) is 21.5. The number of thiazole rings is 3. The zero-order chi connectivity index (χ0) is 22.6. The van der Waals surface area contributed by atoms with Gasteiger partial charge >= 0.3 is 0 Å². The van der Waals surface area contributed by atoms with Gasteiger partial charge in [0, 0.05) is 91.4 Å². The van der Waals surface area contributed by atoms with E-state index >= 15 is 0 Å². The van der Waals surface area contributed by atoms with Gasteiger partial charge < -0.3 is 0 Å². The molecule has 0 aliphatic rings. The summed E-state index contributed by atoms with van der Waals surface area (Å²) in [6, 6.07) is 0. The fourth-order valence-corrected chi connectivity index (χ4v) is 4.07. The quantitative estimate of drug-likeness (QED) is 0.268. The first-order chi connectivity index (χ1) is 16.4. The summed E-state index contributed by atoms with van der Waals surface area (Å²) in [6.07, 6.45) is 20.3. The maximum atomic E-state index is 4.11. The van der Waals surface area contributed by atoms with Crippen LogP contribution in [0.25, 0.3) is 32.1 Å². The Bertz CT molecular complexity index is 1120. The van der Waals surface area contributed by atoms with Crippen molar-refractivity contribution in [2.24, 2.45) is 0 Å². The fraction of sp³-hybridized carbons (Fsp3) is 0. The molecule has 0 aromatic carbocycles. The van der Waals surface area contributed by atoms with E-state index < -0.39 is 0 Å². The maximum Gasteiger partial charge on any atom is 0.143 e. The second-order valence-corrected chi connectivity index (χ2v) is 8.47. The van der Waals surface area contributed by atoms with Crippen molar-refractivity contribution in [1.82, 2.24) is 44.9 Å². The van der Waals surface area contributed by atoms with Crippen molar-refractivity contribution < 1.29 is 19.5 Å². The number of aromatic nitrogens is 9. The number of rotatable bonds is 3. The molecule has 0 atom stereocenters. The molecule has 0 radical (unpaired) electrons. The molecule has 34 heavy (non-hydrogen) atoms. The third-order valence-electron chi connectivity index (χ3n) is 3.64. The van der Waals surface area contributed by atoms with Crippen molar-refractivity contribution in [2.45, 2.75) is 0 Å². The van der Waals surface area contributed by atoms with Crippen LogP contribution in [0.15, 0.2) is 90.5 Å². The minimum absolute atomic E-state index is 0. The summed E-state index contributed by atoms with van der Waals surface area (Å²) >= 11 is 4.69. The zero-order valence-electron chi connectivity index (χ0n) is 17.3. The van der Waals surface area contributed by atoms with Gasteiger partial charge in [0.2, 0.25) is 0 Å². The normalized spacial score (nSPS) is 9.53. The third-order valence-corrected chi connectivity index (χ3v) is 6.03. The van der Waals surface area contributed by atoms with Crippen LogP contribution in [0.3, 0.4) is 0 Å². The molecule has 6 rings (SSSR count). The Morgan fingerprint density at radius 2 is 0.706 bits per heavy atom. The Morgan fingerprint density at radius 1 is 0.382 bits per heavy atom. The summed E-state index contributed by atoms with van der Waals surface area (Å²) in [5, 5.41) is 8.51. The van der Waals surface area contributed by atoms with Crippen LogP contribution < -0.4 is 0 Å². The molecule has 13 heteroatoms. The molecule has 6 heterocycles. The molecule has 0 saturated carbocycles. The molecule has 0 fully saturated rings. The van der Waals surface area contributed by atoms with E-state index in [9.17, 15) is 0 Å². The fourth-order valence-electron chi connectivity index (χ4n) is 2.28. The summed E-state index contributed by atoms with van der Waals surface area (Å²) < 4.78 is 0. The van der Waals surface area contributed by atoms with Gasteiger partial charge in [-0.25, -0.2) is 15.0 Å². The Hall–Kier alpha value is -3.25. The van der Waals surface area contributed by atoms with Gasteiger partial charge in [-0.15, -0.1) is 34.0 Å². The molecule has 9 nitrogen and oxygen atoms in total. The first kappa shape index (κ1) is 25.4. The van der Waals surface area contributed by atoms with Gasteiger partial charge in [0.05, 0.1) is 18.6 Å². The minimum Gasteiger partial charge on any atom is -0.261 e. The predicted molar refractivity (Wildman–Crippen MR) is 129 cm³/mol. The van der Waals surface area contributed by atoms with E-state index in [2.05, 4.69) is 44.9 Å². The van der Waals surface area contributed by atoms with Gasteiger partial charge in [0.1, 0.15) is 32.1 Å². The molecule has 0 aliphatic heterocycles.